The van der Waals surface area contributed by atoms with Crippen molar-refractivity contribution in [3.63, 3.8) is 0 Å². The molecule has 0 radical (unpaired) electrons. The summed E-state index contributed by atoms with van der Waals surface area (Å²) in [5.41, 5.74) is 0.481. The Balaban J connectivity index is 1.74. The maximum atomic E-state index is 13.0. The largest absolute Gasteiger partial charge is 0.389 e. The Morgan fingerprint density at radius 2 is 2.22 bits per heavy atom. The predicted octanol–water partition coefficient (Wildman–Crippen LogP) is 0.357. The molecule has 0 aliphatic carbocycles. The second-order valence-corrected chi connectivity index (χ2v) is 6.99. The number of nitrogens with zero attached hydrogens (tertiary/aromatic N) is 2. The second-order valence-electron chi connectivity index (χ2n) is 6.99. The molecule has 4 atom stereocenters. The zero-order chi connectivity index (χ0) is 19.2. The van der Waals surface area contributed by atoms with Gasteiger partial charge in [0.1, 0.15) is 6.10 Å². The van der Waals surface area contributed by atoms with Gasteiger partial charge in [0.05, 0.1) is 43.4 Å². The lowest BCUT2D eigenvalue weighted by Gasteiger charge is -2.44. The molecule has 0 saturated carbocycles. The third-order valence-corrected chi connectivity index (χ3v) is 4.94. The molecule has 2 N–H and O–H groups in total. The standard InChI is InChI=1S/C19H27N3O5/c1-2-21-18(24)8-15-5-6-16-17(27-15)12-26-11-14(23)10-22(16)19(25)13-4-3-7-20-9-13/h3-4,7,9,14-17,23H,2,5-6,8,10-12H2,1H3,(H,21,24)/t14-,15-,16+,17-/m0/s1. The number of β-amino-alcohol motifs (C(OH)–C–C–N with tert-alkyl or cyclic N) is 1. The molecule has 1 aromatic heterocycles. The molecule has 2 amide bonds. The van der Waals surface area contributed by atoms with E-state index in [0.29, 0.717) is 31.4 Å². The Kier molecular flexibility index (Phi) is 6.76. The lowest BCUT2D eigenvalue weighted by Crippen LogP contribution is -2.57. The van der Waals surface area contributed by atoms with Crippen molar-refractivity contribution in [2.45, 2.75) is 50.5 Å². The molecule has 0 spiro atoms. The number of aliphatic hydroxyl groups excluding tert-OH is 1. The normalized spacial score (nSPS) is 28.6. The number of hydrogen-bond acceptors (Lipinski definition) is 6. The first kappa shape index (κ1) is 19.7. The van der Waals surface area contributed by atoms with Crippen LogP contribution in [0, 0.1) is 0 Å². The van der Waals surface area contributed by atoms with Crippen LogP contribution in [0.2, 0.25) is 0 Å². The Morgan fingerprint density at radius 1 is 1.37 bits per heavy atom. The average Bonchev–Trinajstić information content (AvgIpc) is 2.65. The van der Waals surface area contributed by atoms with E-state index >= 15 is 0 Å². The van der Waals surface area contributed by atoms with Crippen molar-refractivity contribution in [2.24, 2.45) is 0 Å². The van der Waals surface area contributed by atoms with Crippen LogP contribution in [0.5, 0.6) is 0 Å². The van der Waals surface area contributed by atoms with Crippen LogP contribution >= 0.6 is 0 Å². The summed E-state index contributed by atoms with van der Waals surface area (Å²) in [6.45, 7) is 3.08. The van der Waals surface area contributed by atoms with Crippen molar-refractivity contribution in [1.29, 1.82) is 0 Å². The van der Waals surface area contributed by atoms with E-state index in [1.807, 2.05) is 6.92 Å². The van der Waals surface area contributed by atoms with Gasteiger partial charge >= 0.3 is 0 Å². The van der Waals surface area contributed by atoms with Gasteiger partial charge in [-0.25, -0.2) is 0 Å². The molecule has 8 heteroatoms. The third-order valence-electron chi connectivity index (χ3n) is 4.94. The van der Waals surface area contributed by atoms with E-state index in [1.54, 1.807) is 23.2 Å². The summed E-state index contributed by atoms with van der Waals surface area (Å²) in [4.78, 5) is 30.6. The molecule has 1 aromatic rings. The minimum Gasteiger partial charge on any atom is -0.389 e. The van der Waals surface area contributed by atoms with Crippen molar-refractivity contribution in [3.05, 3.63) is 30.1 Å². The molecule has 2 aliphatic rings. The summed E-state index contributed by atoms with van der Waals surface area (Å²) < 4.78 is 11.7. The summed E-state index contributed by atoms with van der Waals surface area (Å²) in [5.74, 6) is -0.212. The van der Waals surface area contributed by atoms with Gasteiger partial charge in [-0.2, -0.15) is 0 Å². The number of nitrogens with one attached hydrogen (secondary N) is 1. The van der Waals surface area contributed by atoms with Crippen LogP contribution in [-0.2, 0) is 14.3 Å². The fraction of sp³-hybridized carbons (Fsp3) is 0.632. The van der Waals surface area contributed by atoms with Crippen LogP contribution in [0.4, 0.5) is 0 Å². The molecule has 2 saturated heterocycles. The van der Waals surface area contributed by atoms with Gasteiger partial charge in [-0.1, -0.05) is 0 Å². The molecule has 0 unspecified atom stereocenters. The van der Waals surface area contributed by atoms with Crippen LogP contribution in [0.1, 0.15) is 36.5 Å². The summed E-state index contributed by atoms with van der Waals surface area (Å²) in [6.07, 6.45) is 3.54. The fourth-order valence-electron chi connectivity index (χ4n) is 3.71. The van der Waals surface area contributed by atoms with Crippen molar-refractivity contribution in [2.75, 3.05) is 26.3 Å². The summed E-state index contributed by atoms with van der Waals surface area (Å²) in [7, 11) is 0. The minimum atomic E-state index is -0.750. The quantitative estimate of drug-likeness (QED) is 0.786. The summed E-state index contributed by atoms with van der Waals surface area (Å²) >= 11 is 0. The van der Waals surface area contributed by atoms with Gasteiger partial charge in [-0.3, -0.25) is 14.6 Å². The second kappa shape index (κ2) is 9.25. The molecule has 0 bridgehead atoms. The lowest BCUT2D eigenvalue weighted by molar-refractivity contribution is -0.150. The van der Waals surface area contributed by atoms with E-state index in [9.17, 15) is 14.7 Å². The van der Waals surface area contributed by atoms with Crippen molar-refractivity contribution in [3.8, 4) is 0 Å². The molecular weight excluding hydrogens is 350 g/mol. The molecule has 27 heavy (non-hydrogen) atoms. The lowest BCUT2D eigenvalue weighted by atomic mass is 9.94. The van der Waals surface area contributed by atoms with E-state index in [-0.39, 0.29) is 49.8 Å². The SMILES string of the molecule is CCNC(=O)C[C@@H]1CC[C@@H]2[C@H](COC[C@@H](O)CN2C(=O)c2cccnc2)O1. The highest BCUT2D eigenvalue weighted by Gasteiger charge is 2.40. The van der Waals surface area contributed by atoms with Crippen LogP contribution in [0.15, 0.2) is 24.5 Å². The van der Waals surface area contributed by atoms with Crippen LogP contribution in [0.25, 0.3) is 0 Å². The van der Waals surface area contributed by atoms with E-state index in [4.69, 9.17) is 9.47 Å². The summed E-state index contributed by atoms with van der Waals surface area (Å²) in [5, 5.41) is 13.0. The Labute approximate surface area is 158 Å². The number of ether oxygens (including phenoxy) is 2. The van der Waals surface area contributed by atoms with E-state index in [1.165, 1.54) is 6.20 Å². The van der Waals surface area contributed by atoms with Crippen molar-refractivity contribution < 1.29 is 24.2 Å². The maximum Gasteiger partial charge on any atom is 0.255 e. The first-order valence-electron chi connectivity index (χ1n) is 9.47. The number of aromatic nitrogens is 1. The van der Waals surface area contributed by atoms with E-state index < -0.39 is 6.10 Å². The van der Waals surface area contributed by atoms with Crippen molar-refractivity contribution in [1.82, 2.24) is 15.2 Å². The molecule has 2 aliphatic heterocycles. The first-order chi connectivity index (χ1) is 13.1. The molecular formula is C19H27N3O5. The number of aliphatic hydroxyl groups is 1. The van der Waals surface area contributed by atoms with Gasteiger partial charge in [0, 0.05) is 25.5 Å². The number of hydrogen-bond donors (Lipinski definition) is 2. The average molecular weight is 377 g/mol. The third kappa shape index (κ3) is 5.03. The molecule has 148 valence electrons. The maximum absolute atomic E-state index is 13.0. The topological polar surface area (TPSA) is 101 Å². The molecule has 3 heterocycles. The monoisotopic (exact) mass is 377 g/mol. The minimum absolute atomic E-state index is 0.0357. The number of carbonyl (C=O) groups is 2. The number of pyridine rings is 1. The highest BCUT2D eigenvalue weighted by atomic mass is 16.5. The van der Waals surface area contributed by atoms with Gasteiger partial charge in [-0.15, -0.1) is 0 Å². The highest BCUT2D eigenvalue weighted by Crippen LogP contribution is 2.28. The van der Waals surface area contributed by atoms with Crippen LogP contribution in [0.3, 0.4) is 0 Å². The van der Waals surface area contributed by atoms with Gasteiger partial charge < -0.3 is 24.8 Å². The number of rotatable bonds is 4. The molecule has 3 rings (SSSR count). The Hall–Kier alpha value is -2.03. The van der Waals surface area contributed by atoms with Crippen LogP contribution < -0.4 is 5.32 Å². The zero-order valence-corrected chi connectivity index (χ0v) is 15.5. The van der Waals surface area contributed by atoms with E-state index in [2.05, 4.69) is 10.3 Å². The van der Waals surface area contributed by atoms with Gasteiger partial charge in [-0.05, 0) is 31.9 Å². The fourth-order valence-corrected chi connectivity index (χ4v) is 3.71. The van der Waals surface area contributed by atoms with Gasteiger partial charge in [0.15, 0.2) is 0 Å². The Bertz CT molecular complexity index is 641. The van der Waals surface area contributed by atoms with Crippen molar-refractivity contribution >= 4 is 11.8 Å². The molecule has 0 aromatic carbocycles. The summed E-state index contributed by atoms with van der Waals surface area (Å²) in [6, 6.07) is 3.22. The van der Waals surface area contributed by atoms with Gasteiger partial charge in [0.2, 0.25) is 5.91 Å². The smallest absolute Gasteiger partial charge is 0.255 e. The number of fused-ring (bicyclic) bond motifs is 1. The Morgan fingerprint density at radius 3 is 2.96 bits per heavy atom. The first-order valence-corrected chi connectivity index (χ1v) is 9.47. The zero-order valence-electron chi connectivity index (χ0n) is 15.5. The molecule has 2 fully saturated rings. The number of amides is 2. The number of carbonyl (C=O) groups excluding carboxylic acids is 2. The van der Waals surface area contributed by atoms with Crippen LogP contribution in [-0.4, -0.2) is 77.5 Å². The van der Waals surface area contributed by atoms with E-state index in [0.717, 1.165) is 0 Å². The molecule has 8 nitrogen and oxygen atoms in total. The van der Waals surface area contributed by atoms with Gasteiger partial charge in [0.25, 0.3) is 5.91 Å². The highest BCUT2D eigenvalue weighted by molar-refractivity contribution is 5.94. The predicted molar refractivity (Wildman–Crippen MR) is 97.1 cm³/mol.